The van der Waals surface area contributed by atoms with E-state index in [9.17, 15) is 9.59 Å². The number of anilines is 2. The Labute approximate surface area is 153 Å². The van der Waals surface area contributed by atoms with Crippen LogP contribution in [0.3, 0.4) is 0 Å². The molecule has 3 rings (SSSR count). The molecule has 7 nitrogen and oxygen atoms in total. The fourth-order valence-electron chi connectivity index (χ4n) is 3.03. The minimum atomic E-state index is -0.254. The average Bonchev–Trinajstić information content (AvgIpc) is 2.63. The lowest BCUT2D eigenvalue weighted by molar-refractivity contribution is -0.118. The first-order valence-corrected chi connectivity index (χ1v) is 8.65. The molecule has 2 amide bonds. The minimum Gasteiger partial charge on any atom is -0.353 e. The van der Waals surface area contributed by atoms with Gasteiger partial charge in [0.15, 0.2) is 0 Å². The molecule has 0 atom stereocenters. The Morgan fingerprint density at radius 3 is 2.46 bits per heavy atom. The molecule has 1 fully saturated rings. The lowest BCUT2D eigenvalue weighted by Gasteiger charge is -2.33. The van der Waals surface area contributed by atoms with Gasteiger partial charge in [-0.2, -0.15) is 0 Å². The predicted molar refractivity (Wildman–Crippen MR) is 100 cm³/mol. The number of rotatable bonds is 4. The highest BCUT2D eigenvalue weighted by molar-refractivity contribution is 6.03. The quantitative estimate of drug-likeness (QED) is 0.850. The van der Waals surface area contributed by atoms with Crippen LogP contribution in [0.5, 0.6) is 0 Å². The highest BCUT2D eigenvalue weighted by atomic mass is 16.2. The fraction of sp³-hybridized carbons (Fsp3) is 0.368. The van der Waals surface area contributed by atoms with Crippen molar-refractivity contribution in [1.29, 1.82) is 0 Å². The van der Waals surface area contributed by atoms with Crippen molar-refractivity contribution in [3.63, 3.8) is 0 Å². The summed E-state index contributed by atoms with van der Waals surface area (Å²) < 4.78 is 0. The lowest BCUT2D eigenvalue weighted by Crippen LogP contribution is -2.46. The summed E-state index contributed by atoms with van der Waals surface area (Å²) in [5.41, 5.74) is 3.27. The number of carbonyl (C=O) groups excluding carboxylic acids is 2. The lowest BCUT2D eigenvalue weighted by atomic mass is 10.1. The van der Waals surface area contributed by atoms with E-state index < -0.39 is 0 Å². The highest BCUT2D eigenvalue weighted by Crippen LogP contribution is 2.19. The number of aryl methyl sites for hydroxylation is 3. The number of amides is 2. The number of carbonyl (C=O) groups is 2. The predicted octanol–water partition coefficient (Wildman–Crippen LogP) is 1.93. The molecular weight excluding hydrogens is 330 g/mol. The Kier molecular flexibility index (Phi) is 5.16. The van der Waals surface area contributed by atoms with Gasteiger partial charge in [0.25, 0.3) is 5.91 Å². The van der Waals surface area contributed by atoms with Crippen LogP contribution in [-0.4, -0.2) is 53.4 Å². The van der Waals surface area contributed by atoms with E-state index >= 15 is 0 Å². The molecule has 1 saturated heterocycles. The molecule has 0 saturated carbocycles. The zero-order valence-corrected chi connectivity index (χ0v) is 15.3. The normalized spacial score (nSPS) is 14.3. The molecule has 2 aromatic rings. The van der Waals surface area contributed by atoms with Crippen molar-refractivity contribution in [1.82, 2.24) is 14.9 Å². The zero-order valence-electron chi connectivity index (χ0n) is 15.3. The van der Waals surface area contributed by atoms with Gasteiger partial charge in [0.1, 0.15) is 17.3 Å². The largest absolute Gasteiger partial charge is 0.353 e. The number of piperazine rings is 1. The minimum absolute atomic E-state index is 0.254. The van der Waals surface area contributed by atoms with E-state index in [-0.39, 0.29) is 5.91 Å². The molecule has 26 heavy (non-hydrogen) atoms. The number of benzene rings is 1. The fourth-order valence-corrected chi connectivity index (χ4v) is 3.03. The van der Waals surface area contributed by atoms with Gasteiger partial charge in [-0.05, 0) is 32.4 Å². The smallest absolute Gasteiger partial charge is 0.274 e. The van der Waals surface area contributed by atoms with E-state index in [1.165, 1.54) is 0 Å². The Morgan fingerprint density at radius 2 is 1.81 bits per heavy atom. The summed E-state index contributed by atoms with van der Waals surface area (Å²) in [5.74, 6) is 1.01. The Balaban J connectivity index is 1.78. The van der Waals surface area contributed by atoms with Gasteiger partial charge in [-0.1, -0.05) is 17.7 Å². The third kappa shape index (κ3) is 3.99. The van der Waals surface area contributed by atoms with Gasteiger partial charge in [-0.15, -0.1) is 0 Å². The number of nitrogens with zero attached hydrogens (tertiary/aromatic N) is 4. The maximum Gasteiger partial charge on any atom is 0.274 e. The SMILES string of the molecule is Cc1ccc(NC(=O)c2cc(N3CCN(C=O)CC3)nc(C)n2)c(C)c1. The summed E-state index contributed by atoms with van der Waals surface area (Å²) >= 11 is 0. The van der Waals surface area contributed by atoms with Crippen LogP contribution >= 0.6 is 0 Å². The van der Waals surface area contributed by atoms with E-state index in [2.05, 4.69) is 20.2 Å². The van der Waals surface area contributed by atoms with Crippen molar-refractivity contribution in [2.75, 3.05) is 36.4 Å². The van der Waals surface area contributed by atoms with Crippen molar-refractivity contribution in [2.24, 2.45) is 0 Å². The van der Waals surface area contributed by atoms with Crippen LogP contribution in [-0.2, 0) is 4.79 Å². The molecular formula is C19H23N5O2. The van der Waals surface area contributed by atoms with Crippen LogP contribution in [0.2, 0.25) is 0 Å². The van der Waals surface area contributed by atoms with E-state index in [0.29, 0.717) is 43.5 Å². The molecule has 1 N–H and O–H groups in total. The Hall–Kier alpha value is -2.96. The number of nitrogens with one attached hydrogen (secondary N) is 1. The maximum absolute atomic E-state index is 12.7. The molecule has 1 aliphatic rings. The zero-order chi connectivity index (χ0) is 18.7. The monoisotopic (exact) mass is 353 g/mol. The van der Waals surface area contributed by atoms with E-state index in [1.807, 2.05) is 32.0 Å². The third-order valence-electron chi connectivity index (χ3n) is 4.47. The summed E-state index contributed by atoms with van der Waals surface area (Å²) in [6.07, 6.45) is 0.866. The van der Waals surface area contributed by atoms with Crippen LogP contribution in [0.1, 0.15) is 27.4 Å². The molecule has 0 bridgehead atoms. The van der Waals surface area contributed by atoms with Gasteiger partial charge < -0.3 is 15.1 Å². The number of aromatic nitrogens is 2. The highest BCUT2D eigenvalue weighted by Gasteiger charge is 2.19. The standard InChI is InChI=1S/C19H23N5O2/c1-13-4-5-16(14(2)10-13)22-19(26)17-11-18(21-15(3)20-17)24-8-6-23(12-25)7-9-24/h4-5,10-12H,6-9H2,1-3H3,(H,22,26). The van der Waals surface area contributed by atoms with Gasteiger partial charge in [-0.3, -0.25) is 9.59 Å². The van der Waals surface area contributed by atoms with Gasteiger partial charge in [0, 0.05) is 37.9 Å². The van der Waals surface area contributed by atoms with Crippen LogP contribution in [0.4, 0.5) is 11.5 Å². The number of hydrogen-bond donors (Lipinski definition) is 1. The molecule has 2 heterocycles. The molecule has 1 aliphatic heterocycles. The maximum atomic E-state index is 12.7. The van der Waals surface area contributed by atoms with Crippen molar-refractivity contribution in [2.45, 2.75) is 20.8 Å². The molecule has 0 aliphatic carbocycles. The Bertz CT molecular complexity index is 829. The second kappa shape index (κ2) is 7.51. The van der Waals surface area contributed by atoms with Crippen molar-refractivity contribution < 1.29 is 9.59 Å². The summed E-state index contributed by atoms with van der Waals surface area (Å²) in [7, 11) is 0. The van der Waals surface area contributed by atoms with Gasteiger partial charge in [-0.25, -0.2) is 9.97 Å². The molecule has 7 heteroatoms. The van der Waals surface area contributed by atoms with E-state index in [4.69, 9.17) is 0 Å². The first kappa shape index (κ1) is 17.8. The second-order valence-electron chi connectivity index (χ2n) is 6.56. The van der Waals surface area contributed by atoms with Crippen LogP contribution < -0.4 is 10.2 Å². The van der Waals surface area contributed by atoms with Crippen molar-refractivity contribution in [3.05, 3.63) is 46.9 Å². The van der Waals surface area contributed by atoms with Gasteiger partial charge in [0.2, 0.25) is 6.41 Å². The molecule has 0 unspecified atom stereocenters. The van der Waals surface area contributed by atoms with Crippen LogP contribution in [0.25, 0.3) is 0 Å². The summed E-state index contributed by atoms with van der Waals surface area (Å²) in [4.78, 5) is 36.1. The van der Waals surface area contributed by atoms with Crippen molar-refractivity contribution >= 4 is 23.8 Å². The average molecular weight is 353 g/mol. The second-order valence-corrected chi connectivity index (χ2v) is 6.56. The Morgan fingerprint density at radius 1 is 1.08 bits per heavy atom. The molecule has 0 radical (unpaired) electrons. The van der Waals surface area contributed by atoms with Gasteiger partial charge >= 0.3 is 0 Å². The summed E-state index contributed by atoms with van der Waals surface area (Å²) in [6, 6.07) is 7.60. The van der Waals surface area contributed by atoms with Gasteiger partial charge in [0.05, 0.1) is 0 Å². The van der Waals surface area contributed by atoms with Crippen molar-refractivity contribution in [3.8, 4) is 0 Å². The van der Waals surface area contributed by atoms with Crippen LogP contribution in [0.15, 0.2) is 24.3 Å². The first-order valence-electron chi connectivity index (χ1n) is 8.65. The first-order chi connectivity index (χ1) is 12.5. The topological polar surface area (TPSA) is 78.4 Å². The molecule has 1 aromatic heterocycles. The van der Waals surface area contributed by atoms with E-state index in [1.54, 1.807) is 17.9 Å². The molecule has 1 aromatic carbocycles. The molecule has 0 spiro atoms. The third-order valence-corrected chi connectivity index (χ3v) is 4.47. The van der Waals surface area contributed by atoms with E-state index in [0.717, 1.165) is 23.2 Å². The number of hydrogen-bond acceptors (Lipinski definition) is 5. The summed E-state index contributed by atoms with van der Waals surface area (Å²) in [5, 5.41) is 2.92. The molecule has 136 valence electrons. The summed E-state index contributed by atoms with van der Waals surface area (Å²) in [6.45, 7) is 8.43. The van der Waals surface area contributed by atoms with Crippen LogP contribution in [0, 0.1) is 20.8 Å².